The van der Waals surface area contributed by atoms with Crippen LogP contribution in [-0.2, 0) is 22.5 Å². The Morgan fingerprint density at radius 1 is 1.48 bits per heavy atom. The molecule has 1 aliphatic heterocycles. The third-order valence-corrected chi connectivity index (χ3v) is 5.16. The molecule has 0 bridgehead atoms. The molecule has 0 spiro atoms. The van der Waals surface area contributed by atoms with E-state index in [2.05, 4.69) is 16.4 Å². The molecule has 1 N–H and O–H groups in total. The number of nitrogens with zero attached hydrogens (tertiary/aromatic N) is 3. The van der Waals surface area contributed by atoms with Crippen LogP contribution in [0.2, 0.25) is 0 Å². The first kappa shape index (κ1) is 18.6. The number of nitrogens with one attached hydrogen (secondary N) is 1. The van der Waals surface area contributed by atoms with E-state index in [0.717, 1.165) is 10.4 Å². The van der Waals surface area contributed by atoms with Crippen LogP contribution in [0.5, 0.6) is 0 Å². The minimum atomic E-state index is -0.362. The Labute approximate surface area is 160 Å². The highest BCUT2D eigenvalue weighted by molar-refractivity contribution is 7.16. The third kappa shape index (κ3) is 4.33. The molecule has 0 atom stereocenters. The number of hydrogen-bond acceptors (Lipinski definition) is 6. The van der Waals surface area contributed by atoms with Crippen LogP contribution < -0.4 is 5.32 Å². The normalized spacial score (nSPS) is 13.1. The molecule has 138 valence electrons. The van der Waals surface area contributed by atoms with Gasteiger partial charge in [0.2, 0.25) is 5.91 Å². The van der Waals surface area contributed by atoms with E-state index in [4.69, 9.17) is 4.74 Å². The minimum Gasteiger partial charge on any atom is -0.450 e. The highest BCUT2D eigenvalue weighted by atomic mass is 32.1. The lowest BCUT2D eigenvalue weighted by atomic mass is 10.0. The summed E-state index contributed by atoms with van der Waals surface area (Å²) in [5.74, 6) is -0.335. The molecule has 3 heterocycles. The van der Waals surface area contributed by atoms with Gasteiger partial charge in [-0.05, 0) is 37.1 Å². The van der Waals surface area contributed by atoms with Crippen LogP contribution in [0.25, 0.3) is 6.08 Å². The van der Waals surface area contributed by atoms with Crippen LogP contribution >= 0.6 is 11.3 Å². The fourth-order valence-corrected chi connectivity index (χ4v) is 3.99. The summed E-state index contributed by atoms with van der Waals surface area (Å²) in [6.45, 7) is 2.95. The zero-order valence-corrected chi connectivity index (χ0v) is 15.6. The van der Waals surface area contributed by atoms with Crippen LogP contribution in [0, 0.1) is 11.3 Å². The van der Waals surface area contributed by atoms with E-state index in [0.29, 0.717) is 42.4 Å². The number of thiophene rings is 1. The zero-order valence-electron chi connectivity index (χ0n) is 14.8. The molecular weight excluding hydrogens is 364 g/mol. The standard InChI is InChI=1S/C19H18N4O3S/c1-2-26-19(25)23-10-8-14-15(11-20)18(27-16(14)12-23)22-17(24)7-6-13-5-3-4-9-21-13/h3-7,9H,2,8,10,12H2,1H3,(H,22,24)/b7-6+. The number of fused-ring (bicyclic) bond motifs is 1. The number of aromatic nitrogens is 1. The van der Waals surface area contributed by atoms with Gasteiger partial charge in [0.25, 0.3) is 0 Å². The quantitative estimate of drug-likeness (QED) is 0.820. The monoisotopic (exact) mass is 382 g/mol. The minimum absolute atomic E-state index is 0.319. The first-order valence-corrected chi connectivity index (χ1v) is 9.30. The van der Waals surface area contributed by atoms with Gasteiger partial charge in [-0.15, -0.1) is 11.3 Å². The van der Waals surface area contributed by atoms with Gasteiger partial charge in [-0.1, -0.05) is 6.07 Å². The van der Waals surface area contributed by atoms with E-state index in [1.54, 1.807) is 36.2 Å². The summed E-state index contributed by atoms with van der Waals surface area (Å²) in [4.78, 5) is 30.8. The first-order valence-electron chi connectivity index (χ1n) is 8.48. The number of carbonyl (C=O) groups excluding carboxylic acids is 2. The summed E-state index contributed by atoms with van der Waals surface area (Å²) >= 11 is 1.32. The summed E-state index contributed by atoms with van der Waals surface area (Å²) < 4.78 is 5.04. The second-order valence-corrected chi connectivity index (χ2v) is 6.87. The molecule has 1 aliphatic rings. The number of rotatable bonds is 4. The summed E-state index contributed by atoms with van der Waals surface area (Å²) in [7, 11) is 0. The third-order valence-electron chi connectivity index (χ3n) is 4.02. The van der Waals surface area contributed by atoms with Crippen molar-refractivity contribution in [1.82, 2.24) is 9.88 Å². The van der Waals surface area contributed by atoms with Crippen LogP contribution in [0.3, 0.4) is 0 Å². The Morgan fingerprint density at radius 2 is 2.33 bits per heavy atom. The van der Waals surface area contributed by atoms with Crippen molar-refractivity contribution in [2.45, 2.75) is 19.9 Å². The van der Waals surface area contributed by atoms with Gasteiger partial charge < -0.3 is 15.0 Å². The maximum absolute atomic E-state index is 12.2. The van der Waals surface area contributed by atoms with Crippen molar-refractivity contribution in [3.63, 3.8) is 0 Å². The van der Waals surface area contributed by atoms with Gasteiger partial charge in [-0.3, -0.25) is 9.78 Å². The van der Waals surface area contributed by atoms with E-state index >= 15 is 0 Å². The van der Waals surface area contributed by atoms with Gasteiger partial charge in [-0.2, -0.15) is 5.26 Å². The number of hydrogen-bond donors (Lipinski definition) is 1. The van der Waals surface area contributed by atoms with Crippen molar-refractivity contribution in [3.8, 4) is 6.07 Å². The van der Waals surface area contributed by atoms with E-state index in [-0.39, 0.29) is 12.0 Å². The Kier molecular flexibility index (Phi) is 5.84. The largest absolute Gasteiger partial charge is 0.450 e. The molecule has 2 amide bonds. The van der Waals surface area contributed by atoms with Gasteiger partial charge in [-0.25, -0.2) is 4.79 Å². The SMILES string of the molecule is CCOC(=O)N1CCc2c(sc(NC(=O)/C=C/c3ccccn3)c2C#N)C1. The lowest BCUT2D eigenvalue weighted by Crippen LogP contribution is -2.35. The Bertz CT molecular complexity index is 915. The van der Waals surface area contributed by atoms with Crippen LogP contribution in [0.15, 0.2) is 30.5 Å². The average Bonchev–Trinajstić information content (AvgIpc) is 3.03. The molecule has 0 saturated carbocycles. The van der Waals surface area contributed by atoms with Crippen molar-refractivity contribution in [3.05, 3.63) is 52.2 Å². The molecule has 0 unspecified atom stereocenters. The van der Waals surface area contributed by atoms with Crippen molar-refractivity contribution < 1.29 is 14.3 Å². The van der Waals surface area contributed by atoms with Gasteiger partial charge >= 0.3 is 6.09 Å². The number of nitriles is 1. The smallest absolute Gasteiger partial charge is 0.410 e. The van der Waals surface area contributed by atoms with Gasteiger partial charge in [0.1, 0.15) is 11.1 Å². The molecule has 0 radical (unpaired) electrons. The predicted octanol–water partition coefficient (Wildman–Crippen LogP) is 3.18. The molecular formula is C19H18N4O3S. The van der Waals surface area contributed by atoms with E-state index in [9.17, 15) is 14.9 Å². The molecule has 3 rings (SSSR count). The molecule has 27 heavy (non-hydrogen) atoms. The lowest BCUT2D eigenvalue weighted by molar-refractivity contribution is -0.111. The summed E-state index contributed by atoms with van der Waals surface area (Å²) in [6, 6.07) is 7.60. The summed E-state index contributed by atoms with van der Waals surface area (Å²) in [6.07, 6.45) is 4.84. The van der Waals surface area contributed by atoms with Crippen LogP contribution in [-0.4, -0.2) is 35.0 Å². The fraction of sp³-hybridized carbons (Fsp3) is 0.263. The highest BCUT2D eigenvalue weighted by Crippen LogP contribution is 2.36. The summed E-state index contributed by atoms with van der Waals surface area (Å²) in [5, 5.41) is 12.8. The van der Waals surface area contributed by atoms with E-state index < -0.39 is 0 Å². The van der Waals surface area contributed by atoms with Gasteiger partial charge in [0, 0.05) is 23.7 Å². The maximum atomic E-state index is 12.2. The molecule has 7 nitrogen and oxygen atoms in total. The molecule has 2 aromatic rings. The topological polar surface area (TPSA) is 95.3 Å². The highest BCUT2D eigenvalue weighted by Gasteiger charge is 2.27. The van der Waals surface area contributed by atoms with Crippen molar-refractivity contribution >= 4 is 34.4 Å². The number of anilines is 1. The number of ether oxygens (including phenoxy) is 1. The van der Waals surface area contributed by atoms with E-state index in [1.807, 2.05) is 6.07 Å². The number of pyridine rings is 1. The van der Waals surface area contributed by atoms with Crippen LogP contribution in [0.1, 0.15) is 28.6 Å². The Hall–Kier alpha value is -3.18. The molecule has 0 aromatic carbocycles. The Morgan fingerprint density at radius 3 is 3.04 bits per heavy atom. The van der Waals surface area contributed by atoms with Crippen molar-refractivity contribution in [1.29, 1.82) is 5.26 Å². The molecule has 0 aliphatic carbocycles. The van der Waals surface area contributed by atoms with Crippen molar-refractivity contribution in [2.75, 3.05) is 18.5 Å². The fourth-order valence-electron chi connectivity index (χ4n) is 2.77. The average molecular weight is 382 g/mol. The van der Waals surface area contributed by atoms with Gasteiger partial charge in [0.05, 0.1) is 24.4 Å². The lowest BCUT2D eigenvalue weighted by Gasteiger charge is -2.25. The molecule has 0 fully saturated rings. The molecule has 0 saturated heterocycles. The number of carbonyl (C=O) groups is 2. The number of amides is 2. The molecule has 8 heteroatoms. The maximum Gasteiger partial charge on any atom is 0.410 e. The van der Waals surface area contributed by atoms with E-state index in [1.165, 1.54) is 17.4 Å². The Balaban J connectivity index is 1.74. The first-order chi connectivity index (χ1) is 13.1. The second-order valence-electron chi connectivity index (χ2n) is 5.77. The van der Waals surface area contributed by atoms with Gasteiger partial charge in [0.15, 0.2) is 0 Å². The summed E-state index contributed by atoms with van der Waals surface area (Å²) in [5.41, 5.74) is 2.04. The van der Waals surface area contributed by atoms with Crippen molar-refractivity contribution in [2.24, 2.45) is 0 Å². The molecule has 2 aromatic heterocycles. The second kappa shape index (κ2) is 8.47. The zero-order chi connectivity index (χ0) is 19.2. The predicted molar refractivity (Wildman–Crippen MR) is 102 cm³/mol. The van der Waals surface area contributed by atoms with Crippen LogP contribution in [0.4, 0.5) is 9.80 Å².